The number of anilines is 1. The normalized spacial score (nSPS) is 14.6. The Kier molecular flexibility index (Phi) is 8.97. The average molecular weight is 528 g/mol. The van der Waals surface area contributed by atoms with Gasteiger partial charge in [-0.05, 0) is 62.2 Å². The molecule has 0 atom stereocenters. The van der Waals surface area contributed by atoms with Gasteiger partial charge in [0.2, 0.25) is 8.87 Å². The zero-order valence-corrected chi connectivity index (χ0v) is 22.3. The lowest BCUT2D eigenvalue weighted by atomic mass is 10.0. The number of rotatable bonds is 10. The van der Waals surface area contributed by atoms with Gasteiger partial charge >= 0.3 is 0 Å². The van der Waals surface area contributed by atoms with Crippen LogP contribution in [-0.2, 0) is 20.2 Å². The van der Waals surface area contributed by atoms with Gasteiger partial charge < -0.3 is 20.7 Å². The van der Waals surface area contributed by atoms with E-state index in [1.807, 2.05) is 26.1 Å². The molecule has 0 bridgehead atoms. The van der Waals surface area contributed by atoms with Gasteiger partial charge in [-0.2, -0.15) is 0 Å². The van der Waals surface area contributed by atoms with Crippen LogP contribution in [0.2, 0.25) is 0 Å². The third-order valence-electron chi connectivity index (χ3n) is 6.20. The van der Waals surface area contributed by atoms with Crippen LogP contribution in [0.4, 0.5) is 5.82 Å². The first-order chi connectivity index (χ1) is 17.3. The number of hydrogen-bond donors (Lipinski definition) is 4. The van der Waals surface area contributed by atoms with E-state index in [0.717, 1.165) is 79.5 Å². The molecular formula is C26H33N5O3S2. The highest BCUT2D eigenvalue weighted by Gasteiger charge is 2.19. The molecule has 1 aliphatic rings. The summed E-state index contributed by atoms with van der Waals surface area (Å²) in [6.07, 6.45) is 1.83. The summed E-state index contributed by atoms with van der Waals surface area (Å²) in [4.78, 5) is 10.0. The molecule has 3 aromatic rings. The van der Waals surface area contributed by atoms with Gasteiger partial charge in [-0.3, -0.25) is 0 Å². The molecule has 192 valence electrons. The summed E-state index contributed by atoms with van der Waals surface area (Å²) >= 11 is 3.70. The molecule has 2 aromatic carbocycles. The van der Waals surface area contributed by atoms with E-state index in [4.69, 9.17) is 14.7 Å². The molecule has 0 radical (unpaired) electrons. The fourth-order valence-corrected chi connectivity index (χ4v) is 5.00. The first-order valence-corrected chi connectivity index (χ1v) is 14.6. The van der Waals surface area contributed by atoms with Crippen LogP contribution in [0.15, 0.2) is 53.4 Å². The summed E-state index contributed by atoms with van der Waals surface area (Å²) in [7, 11) is -1.64. The molecule has 10 heteroatoms. The number of aromatic nitrogens is 2. The summed E-state index contributed by atoms with van der Waals surface area (Å²) < 4.78 is 29.1. The Morgan fingerprint density at radius 1 is 1.03 bits per heavy atom. The van der Waals surface area contributed by atoms with E-state index in [2.05, 4.69) is 39.7 Å². The van der Waals surface area contributed by atoms with Crippen molar-refractivity contribution in [3.63, 3.8) is 0 Å². The molecule has 1 fully saturated rings. The summed E-state index contributed by atoms with van der Waals surface area (Å²) in [5.41, 5.74) is 4.56. The highest BCUT2D eigenvalue weighted by Crippen LogP contribution is 2.31. The Bertz CT molecular complexity index is 1280. The summed E-state index contributed by atoms with van der Waals surface area (Å²) in [5, 5.41) is 10.2. The van der Waals surface area contributed by atoms with Crippen molar-refractivity contribution in [3.05, 3.63) is 59.7 Å². The Balaban J connectivity index is 1.71. The average Bonchev–Trinajstić information content (AvgIpc) is 2.88. The molecule has 0 unspecified atom stereocenters. The van der Waals surface area contributed by atoms with Crippen molar-refractivity contribution in [3.8, 4) is 22.6 Å². The maximum absolute atomic E-state index is 11.8. The minimum absolute atomic E-state index is 0.153. The summed E-state index contributed by atoms with van der Waals surface area (Å²) in [5.74, 6) is 1.40. The second-order valence-electron chi connectivity index (χ2n) is 8.88. The molecule has 0 amide bonds. The van der Waals surface area contributed by atoms with E-state index >= 15 is 0 Å². The molecule has 3 N–H and O–H groups in total. The molecular weight excluding hydrogens is 494 g/mol. The van der Waals surface area contributed by atoms with Crippen LogP contribution in [-0.4, -0.2) is 57.8 Å². The van der Waals surface area contributed by atoms with Crippen LogP contribution >= 0.6 is 11.7 Å². The van der Waals surface area contributed by atoms with Gasteiger partial charge in [-0.1, -0.05) is 30.3 Å². The highest BCUT2D eigenvalue weighted by atomic mass is 33.1. The summed E-state index contributed by atoms with van der Waals surface area (Å²) in [6.45, 7) is 5.97. The van der Waals surface area contributed by atoms with Gasteiger partial charge in [0.15, 0.2) is 5.82 Å². The predicted octanol–water partition coefficient (Wildman–Crippen LogP) is 3.64. The monoisotopic (exact) mass is 527 g/mol. The van der Waals surface area contributed by atoms with E-state index in [-0.39, 0.29) is 10.9 Å². The van der Waals surface area contributed by atoms with Crippen molar-refractivity contribution in [1.29, 1.82) is 0 Å². The molecule has 0 aliphatic carbocycles. The van der Waals surface area contributed by atoms with E-state index < -0.39 is 8.87 Å². The lowest BCUT2D eigenvalue weighted by Crippen LogP contribution is -2.28. The minimum Gasteiger partial charge on any atom is -0.381 e. The Hall–Kier alpha value is -2.50. The van der Waals surface area contributed by atoms with Crippen molar-refractivity contribution in [2.24, 2.45) is 0 Å². The second-order valence-corrected chi connectivity index (χ2v) is 11.7. The number of hydrogen-bond acceptors (Lipinski definition) is 8. The van der Waals surface area contributed by atoms with Crippen molar-refractivity contribution >= 4 is 26.3 Å². The number of benzene rings is 2. The maximum Gasteiger partial charge on any atom is 0.227 e. The molecule has 36 heavy (non-hydrogen) atoms. The molecule has 0 saturated carbocycles. The Morgan fingerprint density at radius 2 is 1.78 bits per heavy atom. The molecule has 1 aromatic heterocycles. The first kappa shape index (κ1) is 26.6. The molecule has 1 saturated heterocycles. The van der Waals surface area contributed by atoms with E-state index in [1.54, 1.807) is 24.3 Å². The standard InChI is InChI=1S/C26H33N5O3S2/c1-18-24(20-6-8-23(9-7-20)36(32,33)35)30-26(31-25(18)29-22-10-14-34-15-11-22)21-5-3-4-19(16-21)17-28-13-12-27-2/h3-9,16,22,27-28H,10-15,17H2,1-2H3,(H,29,30,31)(H,32,33,35). The van der Waals surface area contributed by atoms with Gasteiger partial charge in [-0.25, -0.2) is 18.4 Å². The number of ether oxygens (including phenoxy) is 1. The van der Waals surface area contributed by atoms with Crippen molar-refractivity contribution in [1.82, 2.24) is 20.6 Å². The van der Waals surface area contributed by atoms with Crippen LogP contribution in [0, 0.1) is 6.92 Å². The smallest absolute Gasteiger partial charge is 0.227 e. The van der Waals surface area contributed by atoms with E-state index in [0.29, 0.717) is 5.82 Å². The predicted molar refractivity (Wildman–Crippen MR) is 147 cm³/mol. The largest absolute Gasteiger partial charge is 0.381 e. The lowest BCUT2D eigenvalue weighted by Gasteiger charge is -2.25. The van der Waals surface area contributed by atoms with Gasteiger partial charge in [-0.15, -0.1) is 0 Å². The molecule has 1 aliphatic heterocycles. The van der Waals surface area contributed by atoms with Gasteiger partial charge in [0.25, 0.3) is 0 Å². The number of nitrogens with zero attached hydrogens (tertiary/aromatic N) is 2. The molecule has 4 rings (SSSR count). The topological polar surface area (TPSA) is 105 Å². The minimum atomic E-state index is -3.58. The molecule has 2 heterocycles. The Labute approximate surface area is 218 Å². The fraction of sp³-hybridized carbons (Fsp3) is 0.385. The zero-order chi connectivity index (χ0) is 25.5. The zero-order valence-electron chi connectivity index (χ0n) is 20.6. The van der Waals surface area contributed by atoms with Gasteiger partial charge in [0.1, 0.15) is 5.82 Å². The van der Waals surface area contributed by atoms with E-state index in [1.165, 1.54) is 0 Å². The van der Waals surface area contributed by atoms with Crippen molar-refractivity contribution < 1.29 is 13.2 Å². The van der Waals surface area contributed by atoms with Crippen LogP contribution < -0.4 is 16.0 Å². The van der Waals surface area contributed by atoms with Crippen LogP contribution in [0.25, 0.3) is 22.6 Å². The van der Waals surface area contributed by atoms with Gasteiger partial charge in [0.05, 0.1) is 10.6 Å². The van der Waals surface area contributed by atoms with Crippen LogP contribution in [0.5, 0.6) is 0 Å². The maximum atomic E-state index is 11.8. The second kappa shape index (κ2) is 12.2. The van der Waals surface area contributed by atoms with Crippen LogP contribution in [0.3, 0.4) is 0 Å². The lowest BCUT2D eigenvalue weighted by molar-refractivity contribution is 0.0904. The third kappa shape index (κ3) is 6.83. The molecule has 0 spiro atoms. The van der Waals surface area contributed by atoms with Gasteiger partial charge in [0, 0.05) is 55.6 Å². The fourth-order valence-electron chi connectivity index (χ4n) is 4.15. The van der Waals surface area contributed by atoms with Crippen molar-refractivity contribution in [2.75, 3.05) is 38.7 Å². The number of nitrogens with one attached hydrogen (secondary N) is 3. The summed E-state index contributed by atoms with van der Waals surface area (Å²) in [6, 6.07) is 15.1. The van der Waals surface area contributed by atoms with Crippen LogP contribution in [0.1, 0.15) is 24.0 Å². The Morgan fingerprint density at radius 3 is 2.47 bits per heavy atom. The van der Waals surface area contributed by atoms with Crippen molar-refractivity contribution in [2.45, 2.75) is 37.2 Å². The number of likely N-dealkylation sites (N-methyl/N-ethyl adjacent to an activating group) is 1. The SMILES string of the molecule is CNCCNCc1cccc(-c2nc(NC3CCOCC3)c(C)c(-c3ccc(S(=O)(=O)S)cc3)n2)c1. The highest BCUT2D eigenvalue weighted by molar-refractivity contribution is 8.63. The third-order valence-corrected chi connectivity index (χ3v) is 7.70. The quantitative estimate of drug-likeness (QED) is 0.180. The first-order valence-electron chi connectivity index (χ1n) is 12.1. The van der Waals surface area contributed by atoms with E-state index in [9.17, 15) is 8.42 Å². The molecule has 8 nitrogen and oxygen atoms in total. The number of thiol groups is 1.